The molecule has 0 bridgehead atoms. The number of halogens is 2. The molecule has 0 aliphatic rings. The number of hydrogen-bond acceptors (Lipinski definition) is 3. The number of aliphatic hydroxyl groups is 1. The Bertz CT molecular complexity index is 562. The van der Waals surface area contributed by atoms with Crippen molar-refractivity contribution in [3.63, 3.8) is 0 Å². The molecule has 2 atom stereocenters. The van der Waals surface area contributed by atoms with Gasteiger partial charge in [-0.05, 0) is 36.2 Å². The molecule has 1 heterocycles. The van der Waals surface area contributed by atoms with E-state index >= 15 is 0 Å². The summed E-state index contributed by atoms with van der Waals surface area (Å²) in [5.41, 5.74) is 1.53. The summed E-state index contributed by atoms with van der Waals surface area (Å²) < 4.78 is 13.1. The molecule has 2 unspecified atom stereocenters. The summed E-state index contributed by atoms with van der Waals surface area (Å²) in [4.78, 5) is 3.81. The number of benzene rings is 1. The van der Waals surface area contributed by atoms with Gasteiger partial charge in [0.15, 0.2) is 0 Å². The fourth-order valence-electron chi connectivity index (χ4n) is 1.87. The van der Waals surface area contributed by atoms with E-state index < -0.39 is 6.10 Å². The number of aromatic nitrogens is 1. The van der Waals surface area contributed by atoms with Crippen LogP contribution in [0.1, 0.15) is 30.2 Å². The van der Waals surface area contributed by atoms with Gasteiger partial charge in [-0.3, -0.25) is 4.98 Å². The zero-order chi connectivity index (χ0) is 14.5. The smallest absolute Gasteiger partial charge is 0.141 e. The fraction of sp³-hybridized carbons (Fsp3) is 0.267. The Morgan fingerprint density at radius 1 is 1.25 bits per heavy atom. The van der Waals surface area contributed by atoms with Gasteiger partial charge in [-0.15, -0.1) is 0 Å². The highest BCUT2D eigenvalue weighted by Gasteiger charge is 2.11. The van der Waals surface area contributed by atoms with E-state index in [0.29, 0.717) is 11.6 Å². The summed E-state index contributed by atoms with van der Waals surface area (Å²) in [5, 5.41) is 13.8. The minimum atomic E-state index is -0.642. The molecule has 2 aromatic rings. The van der Waals surface area contributed by atoms with Crippen molar-refractivity contribution in [1.29, 1.82) is 0 Å². The van der Waals surface area contributed by atoms with Gasteiger partial charge in [0.1, 0.15) is 5.82 Å². The lowest BCUT2D eigenvalue weighted by molar-refractivity contribution is 0.171. The Kier molecular flexibility index (Phi) is 5.06. The Morgan fingerprint density at radius 2 is 1.95 bits per heavy atom. The largest absolute Gasteiger partial charge is 0.387 e. The summed E-state index contributed by atoms with van der Waals surface area (Å²) in [7, 11) is 0. The summed E-state index contributed by atoms with van der Waals surface area (Å²) in [6, 6.07) is 8.37. The molecule has 1 aromatic heterocycles. The van der Waals surface area contributed by atoms with Crippen LogP contribution in [-0.4, -0.2) is 16.6 Å². The van der Waals surface area contributed by atoms with Crippen LogP contribution >= 0.6 is 11.6 Å². The second-order valence-corrected chi connectivity index (χ2v) is 5.07. The van der Waals surface area contributed by atoms with E-state index in [4.69, 9.17) is 11.6 Å². The third kappa shape index (κ3) is 4.00. The highest BCUT2D eigenvalue weighted by molar-refractivity contribution is 6.30. The highest BCUT2D eigenvalue weighted by atomic mass is 35.5. The maximum absolute atomic E-state index is 13.1. The summed E-state index contributed by atoms with van der Waals surface area (Å²) >= 11 is 5.80. The fourth-order valence-corrected chi connectivity index (χ4v) is 2.00. The molecule has 0 saturated heterocycles. The van der Waals surface area contributed by atoms with Crippen LogP contribution in [0.15, 0.2) is 42.7 Å². The molecular weight excluding hydrogens is 279 g/mol. The molecule has 0 aliphatic heterocycles. The van der Waals surface area contributed by atoms with E-state index in [1.165, 1.54) is 12.3 Å². The van der Waals surface area contributed by atoms with E-state index in [1.54, 1.807) is 30.5 Å². The van der Waals surface area contributed by atoms with Gasteiger partial charge in [-0.2, -0.15) is 0 Å². The van der Waals surface area contributed by atoms with Crippen molar-refractivity contribution in [1.82, 2.24) is 10.3 Å². The number of nitrogens with zero attached hydrogens (tertiary/aromatic N) is 1. The third-order valence-electron chi connectivity index (χ3n) is 3.10. The number of nitrogens with one attached hydrogen (secondary N) is 1. The van der Waals surface area contributed by atoms with E-state index in [1.807, 2.05) is 6.92 Å². The highest BCUT2D eigenvalue weighted by Crippen LogP contribution is 2.17. The average Bonchev–Trinajstić information content (AvgIpc) is 2.45. The molecule has 0 radical (unpaired) electrons. The lowest BCUT2D eigenvalue weighted by Crippen LogP contribution is -2.24. The first-order chi connectivity index (χ1) is 9.56. The topological polar surface area (TPSA) is 45.1 Å². The first kappa shape index (κ1) is 14.9. The lowest BCUT2D eigenvalue weighted by Gasteiger charge is -2.17. The molecule has 0 aliphatic carbocycles. The zero-order valence-electron chi connectivity index (χ0n) is 11.1. The molecule has 0 fully saturated rings. The van der Waals surface area contributed by atoms with E-state index in [-0.39, 0.29) is 11.9 Å². The predicted molar refractivity (Wildman–Crippen MR) is 77.0 cm³/mol. The van der Waals surface area contributed by atoms with Crippen molar-refractivity contribution < 1.29 is 9.50 Å². The summed E-state index contributed by atoms with van der Waals surface area (Å²) in [5.74, 6) is -0.366. The van der Waals surface area contributed by atoms with E-state index in [9.17, 15) is 9.50 Å². The van der Waals surface area contributed by atoms with Crippen molar-refractivity contribution in [3.05, 3.63) is 64.7 Å². The van der Waals surface area contributed by atoms with Crippen LogP contribution in [0, 0.1) is 5.82 Å². The number of aliphatic hydroxyl groups excluding tert-OH is 1. The molecule has 5 heteroatoms. The maximum atomic E-state index is 13.1. The van der Waals surface area contributed by atoms with Gasteiger partial charge in [-0.25, -0.2) is 4.39 Å². The Labute approximate surface area is 122 Å². The molecule has 1 aromatic carbocycles. The molecule has 2 rings (SSSR count). The van der Waals surface area contributed by atoms with Crippen LogP contribution in [0.4, 0.5) is 4.39 Å². The van der Waals surface area contributed by atoms with Gasteiger partial charge in [-0.1, -0.05) is 23.7 Å². The molecule has 106 valence electrons. The second-order valence-electron chi connectivity index (χ2n) is 4.63. The van der Waals surface area contributed by atoms with Gasteiger partial charge in [0, 0.05) is 23.8 Å². The normalized spacial score (nSPS) is 14.0. The van der Waals surface area contributed by atoms with Crippen molar-refractivity contribution in [2.24, 2.45) is 0 Å². The predicted octanol–water partition coefficient (Wildman–Crippen LogP) is 3.26. The summed E-state index contributed by atoms with van der Waals surface area (Å²) in [6.45, 7) is 2.25. The molecule has 0 spiro atoms. The van der Waals surface area contributed by atoms with Crippen molar-refractivity contribution in [2.75, 3.05) is 6.54 Å². The summed E-state index contributed by atoms with van der Waals surface area (Å²) in [6.07, 6.45) is 2.13. The van der Waals surface area contributed by atoms with Crippen molar-refractivity contribution in [2.45, 2.75) is 19.1 Å². The van der Waals surface area contributed by atoms with Gasteiger partial charge in [0.2, 0.25) is 0 Å². The Balaban J connectivity index is 1.93. The molecule has 0 saturated carbocycles. The van der Waals surface area contributed by atoms with E-state index in [2.05, 4.69) is 10.3 Å². The Morgan fingerprint density at radius 3 is 2.60 bits per heavy atom. The number of rotatable bonds is 5. The van der Waals surface area contributed by atoms with Crippen LogP contribution < -0.4 is 5.32 Å². The van der Waals surface area contributed by atoms with Crippen LogP contribution in [0.5, 0.6) is 0 Å². The quantitative estimate of drug-likeness (QED) is 0.890. The van der Waals surface area contributed by atoms with Crippen molar-refractivity contribution >= 4 is 11.6 Å². The zero-order valence-corrected chi connectivity index (χ0v) is 11.8. The SMILES string of the molecule is CC(NCC(O)c1ccc(Cl)cc1)c1cncc(F)c1. The second kappa shape index (κ2) is 6.79. The number of hydrogen-bond donors (Lipinski definition) is 2. The minimum absolute atomic E-state index is 0.0971. The minimum Gasteiger partial charge on any atom is -0.387 e. The Hall–Kier alpha value is -1.49. The van der Waals surface area contributed by atoms with Crippen LogP contribution in [-0.2, 0) is 0 Å². The van der Waals surface area contributed by atoms with Crippen molar-refractivity contribution in [3.8, 4) is 0 Å². The van der Waals surface area contributed by atoms with Crippen LogP contribution in [0.2, 0.25) is 5.02 Å². The van der Waals surface area contributed by atoms with Gasteiger partial charge in [0.05, 0.1) is 12.3 Å². The molecule has 2 N–H and O–H groups in total. The maximum Gasteiger partial charge on any atom is 0.141 e. The molecular formula is C15H16ClFN2O. The lowest BCUT2D eigenvalue weighted by atomic mass is 10.1. The monoisotopic (exact) mass is 294 g/mol. The van der Waals surface area contributed by atoms with Crippen LogP contribution in [0.3, 0.4) is 0 Å². The average molecular weight is 295 g/mol. The standard InChI is InChI=1S/C15H16ClFN2O/c1-10(12-6-14(17)8-18-7-12)19-9-15(20)11-2-4-13(16)5-3-11/h2-8,10,15,19-20H,9H2,1H3. The molecule has 0 amide bonds. The number of pyridine rings is 1. The first-order valence-electron chi connectivity index (χ1n) is 6.33. The third-order valence-corrected chi connectivity index (χ3v) is 3.35. The van der Waals surface area contributed by atoms with Crippen LogP contribution in [0.25, 0.3) is 0 Å². The van der Waals surface area contributed by atoms with Gasteiger partial charge in [0.25, 0.3) is 0 Å². The molecule has 20 heavy (non-hydrogen) atoms. The van der Waals surface area contributed by atoms with Gasteiger partial charge < -0.3 is 10.4 Å². The first-order valence-corrected chi connectivity index (χ1v) is 6.71. The molecule has 3 nitrogen and oxygen atoms in total. The van der Waals surface area contributed by atoms with E-state index in [0.717, 1.165) is 11.1 Å². The van der Waals surface area contributed by atoms with Gasteiger partial charge >= 0.3 is 0 Å².